The maximum absolute atomic E-state index is 11.8. The first-order chi connectivity index (χ1) is 8.99. The molecule has 1 amide bonds. The molecule has 1 aliphatic rings. The van der Waals surface area contributed by atoms with Crippen LogP contribution in [0.15, 0.2) is 22.7 Å². The lowest BCUT2D eigenvalue weighted by atomic mass is 10.2. The van der Waals surface area contributed by atoms with E-state index in [1.54, 1.807) is 18.0 Å². The Kier molecular flexibility index (Phi) is 4.09. The van der Waals surface area contributed by atoms with E-state index in [0.717, 1.165) is 12.8 Å². The number of rotatable bonds is 5. The van der Waals surface area contributed by atoms with Crippen molar-refractivity contribution in [3.8, 4) is 5.75 Å². The van der Waals surface area contributed by atoms with E-state index in [2.05, 4.69) is 15.9 Å². The summed E-state index contributed by atoms with van der Waals surface area (Å²) in [4.78, 5) is 24.5. The number of halogens is 1. The number of amides is 1. The number of hydrogen-bond donors (Lipinski definition) is 1. The summed E-state index contributed by atoms with van der Waals surface area (Å²) in [7, 11) is 1.74. The van der Waals surface area contributed by atoms with Crippen molar-refractivity contribution in [3.63, 3.8) is 0 Å². The van der Waals surface area contributed by atoms with Crippen LogP contribution in [-0.4, -0.2) is 41.6 Å². The highest BCUT2D eigenvalue weighted by Crippen LogP contribution is 2.26. The summed E-state index contributed by atoms with van der Waals surface area (Å²) >= 11 is 3.20. The van der Waals surface area contributed by atoms with E-state index in [9.17, 15) is 9.59 Å². The molecule has 1 saturated carbocycles. The number of hydrogen-bond acceptors (Lipinski definition) is 3. The lowest BCUT2D eigenvalue weighted by molar-refractivity contribution is -0.132. The average Bonchev–Trinajstić information content (AvgIpc) is 3.20. The third-order valence-corrected chi connectivity index (χ3v) is 3.50. The van der Waals surface area contributed by atoms with Crippen molar-refractivity contribution in [1.82, 2.24) is 4.90 Å². The SMILES string of the molecule is CN(C(=O)COc1ccc(Br)cc1C(=O)O)C1CC1. The second-order valence-electron chi connectivity index (χ2n) is 4.47. The molecular weight excluding hydrogens is 314 g/mol. The van der Waals surface area contributed by atoms with Crippen molar-refractivity contribution in [3.05, 3.63) is 28.2 Å². The predicted molar refractivity (Wildman–Crippen MR) is 72.4 cm³/mol. The van der Waals surface area contributed by atoms with Crippen molar-refractivity contribution in [2.75, 3.05) is 13.7 Å². The summed E-state index contributed by atoms with van der Waals surface area (Å²) in [5.41, 5.74) is 0.0382. The van der Waals surface area contributed by atoms with Crippen LogP contribution in [0.4, 0.5) is 0 Å². The molecule has 102 valence electrons. The van der Waals surface area contributed by atoms with Gasteiger partial charge in [-0.1, -0.05) is 15.9 Å². The molecule has 0 heterocycles. The van der Waals surface area contributed by atoms with Crippen LogP contribution in [0.5, 0.6) is 5.75 Å². The zero-order valence-electron chi connectivity index (χ0n) is 10.4. The van der Waals surface area contributed by atoms with E-state index in [1.165, 1.54) is 12.1 Å². The van der Waals surface area contributed by atoms with Crippen LogP contribution in [0.25, 0.3) is 0 Å². The molecule has 2 rings (SSSR count). The molecule has 1 aromatic carbocycles. The van der Waals surface area contributed by atoms with Gasteiger partial charge >= 0.3 is 5.97 Å². The van der Waals surface area contributed by atoms with E-state index >= 15 is 0 Å². The van der Waals surface area contributed by atoms with Crippen LogP contribution in [-0.2, 0) is 4.79 Å². The quantitative estimate of drug-likeness (QED) is 0.899. The molecule has 0 aromatic heterocycles. The maximum atomic E-state index is 11.8. The van der Waals surface area contributed by atoms with E-state index in [1.807, 2.05) is 0 Å². The Morgan fingerprint density at radius 2 is 2.16 bits per heavy atom. The van der Waals surface area contributed by atoms with Crippen molar-refractivity contribution >= 4 is 27.8 Å². The van der Waals surface area contributed by atoms with Gasteiger partial charge in [0.1, 0.15) is 11.3 Å². The summed E-state index contributed by atoms with van der Waals surface area (Å²) in [5.74, 6) is -1.02. The minimum absolute atomic E-state index is 0.0382. The molecule has 1 N–H and O–H groups in total. The maximum Gasteiger partial charge on any atom is 0.339 e. The Morgan fingerprint density at radius 1 is 1.47 bits per heavy atom. The number of aromatic carboxylic acids is 1. The van der Waals surface area contributed by atoms with Gasteiger partial charge in [-0.05, 0) is 31.0 Å². The Balaban J connectivity index is 2.02. The molecule has 0 aliphatic heterocycles. The zero-order valence-corrected chi connectivity index (χ0v) is 12.0. The van der Waals surface area contributed by atoms with Gasteiger partial charge in [0.25, 0.3) is 5.91 Å². The molecule has 1 aromatic rings. The second-order valence-corrected chi connectivity index (χ2v) is 5.39. The number of carbonyl (C=O) groups excluding carboxylic acids is 1. The van der Waals surface area contributed by atoms with Crippen LogP contribution in [0, 0.1) is 0 Å². The monoisotopic (exact) mass is 327 g/mol. The molecule has 0 spiro atoms. The number of carbonyl (C=O) groups is 2. The fourth-order valence-electron chi connectivity index (χ4n) is 1.70. The van der Waals surface area contributed by atoms with Crippen LogP contribution in [0.1, 0.15) is 23.2 Å². The minimum atomic E-state index is -1.08. The molecule has 1 fully saturated rings. The summed E-state index contributed by atoms with van der Waals surface area (Å²) in [6, 6.07) is 4.99. The molecule has 0 atom stereocenters. The van der Waals surface area contributed by atoms with Gasteiger partial charge in [-0.2, -0.15) is 0 Å². The van der Waals surface area contributed by atoms with Gasteiger partial charge in [0, 0.05) is 17.6 Å². The highest BCUT2D eigenvalue weighted by Gasteiger charge is 2.29. The van der Waals surface area contributed by atoms with E-state index in [0.29, 0.717) is 10.5 Å². The van der Waals surface area contributed by atoms with Crippen molar-refractivity contribution in [2.24, 2.45) is 0 Å². The van der Waals surface area contributed by atoms with Crippen molar-refractivity contribution in [2.45, 2.75) is 18.9 Å². The Labute approximate surface area is 119 Å². The summed E-state index contributed by atoms with van der Waals surface area (Å²) < 4.78 is 5.97. The number of carboxylic acid groups (broad SMARTS) is 1. The number of ether oxygens (including phenoxy) is 1. The van der Waals surface area contributed by atoms with E-state index < -0.39 is 5.97 Å². The largest absolute Gasteiger partial charge is 0.483 e. The highest BCUT2D eigenvalue weighted by molar-refractivity contribution is 9.10. The van der Waals surface area contributed by atoms with Crippen LogP contribution < -0.4 is 4.74 Å². The Morgan fingerprint density at radius 3 is 2.74 bits per heavy atom. The summed E-state index contributed by atoms with van der Waals surface area (Å²) in [6.07, 6.45) is 2.06. The van der Waals surface area contributed by atoms with Gasteiger partial charge < -0.3 is 14.7 Å². The number of benzene rings is 1. The van der Waals surface area contributed by atoms with E-state index in [4.69, 9.17) is 9.84 Å². The molecule has 0 radical (unpaired) electrons. The number of likely N-dealkylation sites (N-methyl/N-ethyl adjacent to an activating group) is 1. The molecular formula is C13H14BrNO4. The van der Waals surface area contributed by atoms with Gasteiger partial charge in [-0.15, -0.1) is 0 Å². The molecule has 6 heteroatoms. The van der Waals surface area contributed by atoms with Crippen LogP contribution >= 0.6 is 15.9 Å². The van der Waals surface area contributed by atoms with Gasteiger partial charge in [-0.3, -0.25) is 4.79 Å². The van der Waals surface area contributed by atoms with Gasteiger partial charge in [0.15, 0.2) is 6.61 Å². The third kappa shape index (κ3) is 3.47. The number of nitrogens with zero attached hydrogens (tertiary/aromatic N) is 1. The topological polar surface area (TPSA) is 66.8 Å². The fraction of sp³-hybridized carbons (Fsp3) is 0.385. The lowest BCUT2D eigenvalue weighted by Crippen LogP contribution is -2.33. The van der Waals surface area contributed by atoms with Gasteiger partial charge in [-0.25, -0.2) is 4.79 Å². The molecule has 5 nitrogen and oxygen atoms in total. The highest BCUT2D eigenvalue weighted by atomic mass is 79.9. The Bertz CT molecular complexity index is 513. The standard InChI is InChI=1S/C13H14BrNO4/c1-15(9-3-4-9)12(16)7-19-11-5-2-8(14)6-10(11)13(17)18/h2,5-6,9H,3-4,7H2,1H3,(H,17,18). The third-order valence-electron chi connectivity index (χ3n) is 3.01. The smallest absolute Gasteiger partial charge is 0.339 e. The zero-order chi connectivity index (χ0) is 14.0. The first-order valence-corrected chi connectivity index (χ1v) is 6.69. The van der Waals surface area contributed by atoms with Gasteiger partial charge in [0.2, 0.25) is 0 Å². The molecule has 19 heavy (non-hydrogen) atoms. The first kappa shape index (κ1) is 13.9. The van der Waals surface area contributed by atoms with Crippen molar-refractivity contribution < 1.29 is 19.4 Å². The Hall–Kier alpha value is -1.56. The van der Waals surface area contributed by atoms with Crippen LogP contribution in [0.3, 0.4) is 0 Å². The number of carboxylic acids is 1. The predicted octanol–water partition coefficient (Wildman–Crippen LogP) is 2.15. The molecule has 0 unspecified atom stereocenters. The second kappa shape index (κ2) is 5.61. The first-order valence-electron chi connectivity index (χ1n) is 5.90. The molecule has 1 aliphatic carbocycles. The molecule has 0 bridgehead atoms. The minimum Gasteiger partial charge on any atom is -0.483 e. The lowest BCUT2D eigenvalue weighted by Gasteiger charge is -2.17. The summed E-state index contributed by atoms with van der Waals surface area (Å²) in [5, 5.41) is 9.07. The average molecular weight is 328 g/mol. The molecule has 0 saturated heterocycles. The van der Waals surface area contributed by atoms with Crippen molar-refractivity contribution in [1.29, 1.82) is 0 Å². The van der Waals surface area contributed by atoms with Gasteiger partial charge in [0.05, 0.1) is 0 Å². The van der Waals surface area contributed by atoms with Crippen LogP contribution in [0.2, 0.25) is 0 Å². The van der Waals surface area contributed by atoms with E-state index in [-0.39, 0.29) is 23.8 Å². The normalized spacial score (nSPS) is 14.0. The fourth-order valence-corrected chi connectivity index (χ4v) is 2.06. The summed E-state index contributed by atoms with van der Waals surface area (Å²) in [6.45, 7) is -0.144.